The number of pyridine rings is 1. The lowest BCUT2D eigenvalue weighted by Gasteiger charge is -2.46. The smallest absolute Gasteiger partial charge is 0.290 e. The number of rotatable bonds is 3. The SMILES string of the molecule is CC(=O)N1C[C@H]2C[C@@H](C1)[C@H](C(=O)NCC(=O)N1CCCC1)n1c2cccc1=O.O=CO. The van der Waals surface area contributed by atoms with Gasteiger partial charge in [-0.3, -0.25) is 28.5 Å². The monoisotopic (exact) mass is 432 g/mol. The summed E-state index contributed by atoms with van der Waals surface area (Å²) < 4.78 is 1.58. The molecule has 3 amide bonds. The number of carbonyl (C=O) groups is 4. The largest absolute Gasteiger partial charge is 0.483 e. The van der Waals surface area contributed by atoms with Crippen molar-refractivity contribution in [1.82, 2.24) is 19.7 Å². The van der Waals surface area contributed by atoms with Gasteiger partial charge in [-0.25, -0.2) is 0 Å². The number of nitrogens with one attached hydrogen (secondary N) is 1. The molecule has 4 rings (SSSR count). The minimum absolute atomic E-state index is 0.0233. The fraction of sp³-hybridized carbons (Fsp3) is 0.571. The van der Waals surface area contributed by atoms with E-state index in [-0.39, 0.29) is 48.1 Å². The summed E-state index contributed by atoms with van der Waals surface area (Å²) in [6.45, 7) is 3.71. The normalized spacial score (nSPS) is 23.8. The second-order valence-corrected chi connectivity index (χ2v) is 8.13. The van der Waals surface area contributed by atoms with Crippen LogP contribution >= 0.6 is 0 Å². The fourth-order valence-corrected chi connectivity index (χ4v) is 4.87. The van der Waals surface area contributed by atoms with E-state index < -0.39 is 6.04 Å². The molecule has 0 spiro atoms. The molecule has 0 saturated carbocycles. The van der Waals surface area contributed by atoms with E-state index >= 15 is 0 Å². The Morgan fingerprint density at radius 1 is 1.16 bits per heavy atom. The Balaban J connectivity index is 0.000000858. The Kier molecular flexibility index (Phi) is 7.09. The maximum absolute atomic E-state index is 13.1. The van der Waals surface area contributed by atoms with Gasteiger partial charge in [-0.2, -0.15) is 0 Å². The molecule has 0 unspecified atom stereocenters. The zero-order chi connectivity index (χ0) is 22.5. The molecule has 2 bridgehead atoms. The van der Waals surface area contributed by atoms with Gasteiger partial charge in [0.15, 0.2) is 0 Å². The first-order valence-corrected chi connectivity index (χ1v) is 10.5. The third kappa shape index (κ3) is 4.78. The minimum atomic E-state index is -0.700. The lowest BCUT2D eigenvalue weighted by molar-refractivity contribution is -0.136. The first-order chi connectivity index (χ1) is 14.9. The Labute approximate surface area is 179 Å². The minimum Gasteiger partial charge on any atom is -0.483 e. The van der Waals surface area contributed by atoms with Gasteiger partial charge in [0.05, 0.1) is 6.54 Å². The number of likely N-dealkylation sites (tertiary alicyclic amines) is 2. The molecular weight excluding hydrogens is 404 g/mol. The third-order valence-electron chi connectivity index (χ3n) is 6.23. The van der Waals surface area contributed by atoms with Gasteiger partial charge in [0.25, 0.3) is 12.0 Å². The summed E-state index contributed by atoms with van der Waals surface area (Å²) in [6, 6.07) is 4.32. The zero-order valence-corrected chi connectivity index (χ0v) is 17.5. The summed E-state index contributed by atoms with van der Waals surface area (Å²) >= 11 is 0. The van der Waals surface area contributed by atoms with Crippen molar-refractivity contribution in [2.45, 2.75) is 38.1 Å². The van der Waals surface area contributed by atoms with E-state index in [0.717, 1.165) is 38.0 Å². The van der Waals surface area contributed by atoms with Gasteiger partial charge in [-0.15, -0.1) is 0 Å². The van der Waals surface area contributed by atoms with E-state index in [1.807, 2.05) is 6.07 Å². The summed E-state index contributed by atoms with van der Waals surface area (Å²) in [4.78, 5) is 61.8. The van der Waals surface area contributed by atoms with Gasteiger partial charge in [0.2, 0.25) is 17.7 Å². The van der Waals surface area contributed by atoms with Crippen LogP contribution in [0.25, 0.3) is 0 Å². The molecule has 4 heterocycles. The van der Waals surface area contributed by atoms with Crippen LogP contribution in [0.5, 0.6) is 0 Å². The van der Waals surface area contributed by atoms with Crippen molar-refractivity contribution in [3.63, 3.8) is 0 Å². The van der Waals surface area contributed by atoms with Crippen molar-refractivity contribution in [3.8, 4) is 0 Å². The van der Waals surface area contributed by atoms with Crippen LogP contribution in [0.1, 0.15) is 43.8 Å². The van der Waals surface area contributed by atoms with Crippen LogP contribution in [0.15, 0.2) is 23.0 Å². The van der Waals surface area contributed by atoms with Gasteiger partial charge in [0.1, 0.15) is 6.04 Å². The fourth-order valence-electron chi connectivity index (χ4n) is 4.87. The van der Waals surface area contributed by atoms with Crippen LogP contribution in [0.4, 0.5) is 0 Å². The number of aromatic nitrogens is 1. The molecule has 3 aliphatic rings. The maximum Gasteiger partial charge on any atom is 0.290 e. The zero-order valence-electron chi connectivity index (χ0n) is 17.5. The number of carbonyl (C=O) groups excluding carboxylic acids is 3. The molecule has 10 nitrogen and oxygen atoms in total. The van der Waals surface area contributed by atoms with Crippen molar-refractivity contribution in [2.75, 3.05) is 32.7 Å². The van der Waals surface area contributed by atoms with Crippen LogP contribution < -0.4 is 10.9 Å². The number of fused-ring (bicyclic) bond motifs is 4. The summed E-state index contributed by atoms with van der Waals surface area (Å²) in [5.74, 6) is -0.529. The molecule has 2 saturated heterocycles. The molecule has 31 heavy (non-hydrogen) atoms. The van der Waals surface area contributed by atoms with Crippen molar-refractivity contribution in [1.29, 1.82) is 0 Å². The second-order valence-electron chi connectivity index (χ2n) is 8.13. The standard InChI is InChI=1S/C20H26N4O4.CH2O2/c1-13(25)23-11-14-9-15(12-23)19(24-16(14)5-4-6-17(24)26)20(28)21-10-18(27)22-7-2-3-8-22;2-1-3/h4-6,14-15,19H,2-3,7-12H2,1H3,(H,21,28);1H,(H,2,3)/t14-,15+,19-;/m1./s1. The molecule has 1 aromatic heterocycles. The molecule has 0 radical (unpaired) electrons. The van der Waals surface area contributed by atoms with E-state index in [1.54, 1.807) is 20.4 Å². The number of carboxylic acid groups (broad SMARTS) is 1. The first kappa shape index (κ1) is 22.5. The van der Waals surface area contributed by atoms with Gasteiger partial charge < -0.3 is 20.2 Å². The van der Waals surface area contributed by atoms with Crippen molar-refractivity contribution < 1.29 is 24.3 Å². The van der Waals surface area contributed by atoms with E-state index in [9.17, 15) is 19.2 Å². The highest BCUT2D eigenvalue weighted by Gasteiger charge is 2.44. The van der Waals surface area contributed by atoms with E-state index in [1.165, 1.54) is 13.0 Å². The van der Waals surface area contributed by atoms with Gasteiger partial charge in [0, 0.05) is 56.7 Å². The number of nitrogens with zero attached hydrogens (tertiary/aromatic N) is 3. The Hall–Kier alpha value is -3.17. The highest BCUT2D eigenvalue weighted by molar-refractivity contribution is 5.87. The van der Waals surface area contributed by atoms with Crippen molar-refractivity contribution in [3.05, 3.63) is 34.2 Å². The topological polar surface area (TPSA) is 129 Å². The van der Waals surface area contributed by atoms with E-state index in [0.29, 0.717) is 13.1 Å². The molecule has 2 fully saturated rings. The van der Waals surface area contributed by atoms with Gasteiger partial charge in [-0.1, -0.05) is 6.07 Å². The predicted molar refractivity (Wildman–Crippen MR) is 110 cm³/mol. The molecule has 3 aliphatic heterocycles. The molecule has 0 aromatic carbocycles. The summed E-state index contributed by atoms with van der Waals surface area (Å²) in [7, 11) is 0. The molecule has 2 N–H and O–H groups in total. The van der Waals surface area contributed by atoms with Crippen LogP contribution in [0.2, 0.25) is 0 Å². The lowest BCUT2D eigenvalue weighted by Crippen LogP contribution is -2.54. The molecule has 168 valence electrons. The summed E-state index contributed by atoms with van der Waals surface area (Å²) in [5, 5.41) is 9.64. The molecular formula is C21H28N4O6. The summed E-state index contributed by atoms with van der Waals surface area (Å²) in [6.07, 6.45) is 2.75. The number of piperidine rings is 1. The van der Waals surface area contributed by atoms with Crippen LogP contribution in [0.3, 0.4) is 0 Å². The number of amides is 3. The van der Waals surface area contributed by atoms with Gasteiger partial charge in [-0.05, 0) is 25.3 Å². The average molecular weight is 432 g/mol. The summed E-state index contributed by atoms with van der Waals surface area (Å²) in [5.41, 5.74) is 0.579. The van der Waals surface area contributed by atoms with E-state index in [4.69, 9.17) is 9.90 Å². The molecule has 3 atom stereocenters. The van der Waals surface area contributed by atoms with Crippen molar-refractivity contribution >= 4 is 24.2 Å². The van der Waals surface area contributed by atoms with Crippen LogP contribution in [-0.2, 0) is 19.2 Å². The molecule has 1 aromatic rings. The number of hydrogen-bond donors (Lipinski definition) is 2. The Morgan fingerprint density at radius 2 is 1.84 bits per heavy atom. The van der Waals surface area contributed by atoms with E-state index in [2.05, 4.69) is 5.32 Å². The third-order valence-corrected chi connectivity index (χ3v) is 6.23. The lowest BCUT2D eigenvalue weighted by atomic mass is 9.78. The maximum atomic E-state index is 13.1. The molecule has 10 heteroatoms. The second kappa shape index (κ2) is 9.76. The highest BCUT2D eigenvalue weighted by atomic mass is 16.3. The average Bonchev–Trinajstić information content (AvgIpc) is 3.28. The Bertz CT molecular complexity index is 907. The quantitative estimate of drug-likeness (QED) is 0.636. The van der Waals surface area contributed by atoms with Crippen molar-refractivity contribution in [2.24, 2.45) is 5.92 Å². The van der Waals surface area contributed by atoms with Gasteiger partial charge >= 0.3 is 0 Å². The Morgan fingerprint density at radius 3 is 2.48 bits per heavy atom. The predicted octanol–water partition coefficient (Wildman–Crippen LogP) is -0.206. The first-order valence-electron chi connectivity index (χ1n) is 10.5. The van der Waals surface area contributed by atoms with Crippen LogP contribution in [0, 0.1) is 5.92 Å². The molecule has 0 aliphatic carbocycles. The highest BCUT2D eigenvalue weighted by Crippen LogP contribution is 2.41. The van der Waals surface area contributed by atoms with Crippen LogP contribution in [-0.4, -0.2) is 76.4 Å². The number of hydrogen-bond acceptors (Lipinski definition) is 5.